The largest absolute Gasteiger partial charge is 0.484 e. The molecular formula is C26H19N3O4. The number of nitrogens with zero attached hydrogens (tertiary/aromatic N) is 2. The number of nitrogens with one attached hydrogen (secondary N) is 1. The third-order valence-corrected chi connectivity index (χ3v) is 4.76. The van der Waals surface area contributed by atoms with E-state index in [1.807, 2.05) is 48.5 Å². The van der Waals surface area contributed by atoms with Crippen molar-refractivity contribution >= 4 is 22.7 Å². The number of hydrogen-bond donors (Lipinski definition) is 1. The van der Waals surface area contributed by atoms with E-state index in [9.17, 15) is 4.79 Å². The summed E-state index contributed by atoms with van der Waals surface area (Å²) in [5.41, 5.74) is 3.02. The molecule has 2 aromatic heterocycles. The monoisotopic (exact) mass is 437 g/mol. The number of carbonyl (C=O) groups is 1. The number of hydrogen-bond acceptors (Lipinski definition) is 6. The van der Waals surface area contributed by atoms with Crippen molar-refractivity contribution in [1.29, 1.82) is 0 Å². The highest BCUT2D eigenvalue weighted by atomic mass is 16.5. The Bertz CT molecular complexity index is 1330. The molecule has 0 unspecified atom stereocenters. The predicted molar refractivity (Wildman–Crippen MR) is 124 cm³/mol. The highest BCUT2D eigenvalue weighted by molar-refractivity contribution is 5.92. The summed E-state index contributed by atoms with van der Waals surface area (Å²) in [6.45, 7) is -0.118. The number of aromatic nitrogens is 2. The lowest BCUT2D eigenvalue weighted by Crippen LogP contribution is -2.20. The Morgan fingerprint density at radius 3 is 2.36 bits per heavy atom. The summed E-state index contributed by atoms with van der Waals surface area (Å²) in [7, 11) is 0. The lowest BCUT2D eigenvalue weighted by molar-refractivity contribution is -0.118. The Hall–Kier alpha value is -4.65. The molecule has 33 heavy (non-hydrogen) atoms. The summed E-state index contributed by atoms with van der Waals surface area (Å²) in [6, 6.07) is 27.3. The summed E-state index contributed by atoms with van der Waals surface area (Å²) < 4.78 is 17.0. The molecule has 0 saturated carbocycles. The minimum Gasteiger partial charge on any atom is -0.484 e. The molecule has 0 bridgehead atoms. The molecule has 0 atom stereocenters. The minimum atomic E-state index is -0.265. The number of ether oxygens (including phenoxy) is 2. The van der Waals surface area contributed by atoms with Crippen LogP contribution >= 0.6 is 0 Å². The van der Waals surface area contributed by atoms with Gasteiger partial charge in [0, 0.05) is 23.5 Å². The summed E-state index contributed by atoms with van der Waals surface area (Å²) >= 11 is 0. The number of carbonyl (C=O) groups excluding carboxylic acids is 1. The van der Waals surface area contributed by atoms with Gasteiger partial charge >= 0.3 is 0 Å². The molecule has 7 nitrogen and oxygen atoms in total. The molecule has 7 heteroatoms. The number of rotatable bonds is 7. The predicted octanol–water partition coefficient (Wildman–Crippen LogP) is 5.70. The van der Waals surface area contributed by atoms with E-state index in [4.69, 9.17) is 13.9 Å². The Morgan fingerprint density at radius 2 is 1.61 bits per heavy atom. The van der Waals surface area contributed by atoms with Crippen LogP contribution in [0.15, 0.2) is 102 Å². The molecule has 3 aromatic carbocycles. The fourth-order valence-electron chi connectivity index (χ4n) is 3.17. The van der Waals surface area contributed by atoms with E-state index in [0.29, 0.717) is 29.0 Å². The number of pyridine rings is 1. The van der Waals surface area contributed by atoms with Crippen molar-refractivity contribution in [3.63, 3.8) is 0 Å². The van der Waals surface area contributed by atoms with Gasteiger partial charge in [-0.3, -0.25) is 4.79 Å². The van der Waals surface area contributed by atoms with Gasteiger partial charge in [-0.2, -0.15) is 0 Å². The first-order chi connectivity index (χ1) is 16.2. The molecule has 2 heterocycles. The molecule has 162 valence electrons. The van der Waals surface area contributed by atoms with Crippen LogP contribution in [0, 0.1) is 0 Å². The van der Waals surface area contributed by atoms with Crippen LogP contribution in [0.5, 0.6) is 17.4 Å². The van der Waals surface area contributed by atoms with Gasteiger partial charge in [0.25, 0.3) is 5.91 Å². The van der Waals surface area contributed by atoms with Crippen LogP contribution in [-0.4, -0.2) is 22.5 Å². The summed E-state index contributed by atoms with van der Waals surface area (Å²) in [5.74, 6) is 1.97. The van der Waals surface area contributed by atoms with Crippen LogP contribution in [0.3, 0.4) is 0 Å². The molecule has 1 amide bonds. The fraction of sp³-hybridized carbons (Fsp3) is 0.0385. The number of fused-ring (bicyclic) bond motifs is 1. The SMILES string of the molecule is O=C(COc1ccc(Oc2ccccn2)cc1)Nc1ccc(-c2nc3ccccc3o2)cc1. The number of amides is 1. The first-order valence-corrected chi connectivity index (χ1v) is 10.3. The lowest BCUT2D eigenvalue weighted by atomic mass is 10.2. The molecule has 0 aliphatic rings. The van der Waals surface area contributed by atoms with Gasteiger partial charge in [-0.05, 0) is 66.7 Å². The van der Waals surface area contributed by atoms with Crippen LogP contribution in [0.1, 0.15) is 0 Å². The molecule has 5 aromatic rings. The zero-order valence-electron chi connectivity index (χ0n) is 17.5. The van der Waals surface area contributed by atoms with Crippen molar-refractivity contribution in [3.05, 3.63) is 97.2 Å². The standard InChI is InChI=1S/C26H19N3O4/c30-24(17-31-20-12-14-21(15-13-20)32-25-7-3-4-16-27-25)28-19-10-8-18(9-11-19)26-29-22-5-1-2-6-23(22)33-26/h1-16H,17H2,(H,28,30). The molecule has 0 fully saturated rings. The Labute approximate surface area is 189 Å². The Kier molecular flexibility index (Phi) is 5.67. The quantitative estimate of drug-likeness (QED) is 0.351. The third-order valence-electron chi connectivity index (χ3n) is 4.76. The maximum absolute atomic E-state index is 12.3. The Morgan fingerprint density at radius 1 is 0.848 bits per heavy atom. The van der Waals surface area contributed by atoms with Crippen molar-refractivity contribution in [2.75, 3.05) is 11.9 Å². The molecular weight excluding hydrogens is 418 g/mol. The number of benzene rings is 3. The highest BCUT2D eigenvalue weighted by Gasteiger charge is 2.09. The molecule has 5 rings (SSSR count). The van der Waals surface area contributed by atoms with Crippen molar-refractivity contribution < 1.29 is 18.7 Å². The summed E-state index contributed by atoms with van der Waals surface area (Å²) in [5, 5.41) is 2.81. The zero-order chi connectivity index (χ0) is 22.5. The average molecular weight is 437 g/mol. The van der Waals surface area contributed by atoms with Crippen molar-refractivity contribution in [3.8, 4) is 28.8 Å². The first-order valence-electron chi connectivity index (χ1n) is 10.3. The molecule has 0 radical (unpaired) electrons. The van der Waals surface area contributed by atoms with Gasteiger partial charge in [-0.15, -0.1) is 0 Å². The first kappa shape index (κ1) is 20.3. The van der Waals surface area contributed by atoms with E-state index in [1.54, 1.807) is 48.7 Å². The van der Waals surface area contributed by atoms with Crippen molar-refractivity contribution in [2.24, 2.45) is 0 Å². The van der Waals surface area contributed by atoms with Crippen LogP contribution in [0.2, 0.25) is 0 Å². The van der Waals surface area contributed by atoms with E-state index in [2.05, 4.69) is 15.3 Å². The van der Waals surface area contributed by atoms with Gasteiger partial charge in [0.2, 0.25) is 11.8 Å². The second-order valence-corrected chi connectivity index (χ2v) is 7.14. The topological polar surface area (TPSA) is 86.5 Å². The van der Waals surface area contributed by atoms with Gasteiger partial charge in [-0.25, -0.2) is 9.97 Å². The fourth-order valence-corrected chi connectivity index (χ4v) is 3.17. The van der Waals surface area contributed by atoms with E-state index in [1.165, 1.54) is 0 Å². The number of anilines is 1. The van der Waals surface area contributed by atoms with Crippen LogP contribution in [0.4, 0.5) is 5.69 Å². The minimum absolute atomic E-state index is 0.118. The number of oxazole rings is 1. The maximum Gasteiger partial charge on any atom is 0.262 e. The van der Waals surface area contributed by atoms with E-state index < -0.39 is 0 Å². The molecule has 0 saturated heterocycles. The van der Waals surface area contributed by atoms with E-state index >= 15 is 0 Å². The normalized spacial score (nSPS) is 10.7. The number of para-hydroxylation sites is 2. The maximum atomic E-state index is 12.3. The summed E-state index contributed by atoms with van der Waals surface area (Å²) in [6.07, 6.45) is 1.66. The van der Waals surface area contributed by atoms with Crippen LogP contribution in [-0.2, 0) is 4.79 Å². The van der Waals surface area contributed by atoms with Crippen molar-refractivity contribution in [1.82, 2.24) is 9.97 Å². The van der Waals surface area contributed by atoms with Gasteiger partial charge in [0.15, 0.2) is 12.2 Å². The molecule has 0 aliphatic heterocycles. The second-order valence-electron chi connectivity index (χ2n) is 7.14. The van der Waals surface area contributed by atoms with Gasteiger partial charge in [0.05, 0.1) is 0 Å². The average Bonchev–Trinajstić information content (AvgIpc) is 3.29. The van der Waals surface area contributed by atoms with E-state index in [-0.39, 0.29) is 12.5 Å². The lowest BCUT2D eigenvalue weighted by Gasteiger charge is -2.09. The summed E-state index contributed by atoms with van der Waals surface area (Å²) in [4.78, 5) is 20.9. The van der Waals surface area contributed by atoms with Gasteiger partial charge in [-0.1, -0.05) is 18.2 Å². The second kappa shape index (κ2) is 9.23. The molecule has 1 N–H and O–H groups in total. The molecule has 0 spiro atoms. The van der Waals surface area contributed by atoms with E-state index in [0.717, 1.165) is 16.7 Å². The zero-order valence-corrected chi connectivity index (χ0v) is 17.5. The highest BCUT2D eigenvalue weighted by Crippen LogP contribution is 2.25. The van der Waals surface area contributed by atoms with Crippen LogP contribution < -0.4 is 14.8 Å². The molecule has 0 aliphatic carbocycles. The van der Waals surface area contributed by atoms with Gasteiger partial charge in [0.1, 0.15) is 17.0 Å². The Balaban J connectivity index is 1.14. The third kappa shape index (κ3) is 4.99. The van der Waals surface area contributed by atoms with Crippen molar-refractivity contribution in [2.45, 2.75) is 0 Å². The smallest absolute Gasteiger partial charge is 0.262 e. The van der Waals surface area contributed by atoms with Crippen LogP contribution in [0.25, 0.3) is 22.6 Å². The van der Waals surface area contributed by atoms with Gasteiger partial charge < -0.3 is 19.2 Å².